The first-order valence-corrected chi connectivity index (χ1v) is 6.42. The molecule has 1 aliphatic heterocycles. The second kappa shape index (κ2) is 8.02. The number of nitrogens with zero attached hydrogens (tertiary/aromatic N) is 1. The minimum atomic E-state index is -0.0266. The van der Waals surface area contributed by atoms with Crippen LogP contribution in [0.4, 0.5) is 0 Å². The van der Waals surface area contributed by atoms with Crippen molar-refractivity contribution in [3.63, 3.8) is 0 Å². The summed E-state index contributed by atoms with van der Waals surface area (Å²) in [5, 5.41) is 6.18. The summed E-state index contributed by atoms with van der Waals surface area (Å²) in [6, 6.07) is 5.88. The molecule has 1 amide bonds. The van der Waals surface area contributed by atoms with E-state index in [9.17, 15) is 4.79 Å². The highest BCUT2D eigenvalue weighted by molar-refractivity contribution is 5.94. The average Bonchev–Trinajstić information content (AvgIpc) is 3.08. The van der Waals surface area contributed by atoms with Crippen LogP contribution in [0.3, 0.4) is 0 Å². The first-order valence-electron chi connectivity index (χ1n) is 6.42. The lowest BCUT2D eigenvalue weighted by molar-refractivity contribution is 0.0954. The Morgan fingerprint density at radius 2 is 2.05 bits per heavy atom. The molecule has 0 fully saturated rings. The van der Waals surface area contributed by atoms with Crippen molar-refractivity contribution >= 4 is 30.7 Å². The van der Waals surface area contributed by atoms with Crippen LogP contribution in [0.2, 0.25) is 0 Å². The van der Waals surface area contributed by atoms with Crippen molar-refractivity contribution in [3.8, 4) is 0 Å². The molecule has 0 saturated carbocycles. The zero-order valence-electron chi connectivity index (χ0n) is 11.4. The maximum absolute atomic E-state index is 12.0. The Morgan fingerprint density at radius 3 is 2.81 bits per heavy atom. The van der Waals surface area contributed by atoms with Crippen molar-refractivity contribution in [2.24, 2.45) is 0 Å². The average molecular weight is 329 g/mol. The molecule has 0 aliphatic carbocycles. The molecule has 1 aromatic carbocycles. The van der Waals surface area contributed by atoms with Crippen LogP contribution >= 0.6 is 24.8 Å². The van der Waals surface area contributed by atoms with E-state index in [1.54, 1.807) is 12.4 Å². The molecule has 3 N–H and O–H groups in total. The van der Waals surface area contributed by atoms with Crippen LogP contribution in [0, 0.1) is 0 Å². The summed E-state index contributed by atoms with van der Waals surface area (Å²) in [6.45, 7) is 2.33. The fourth-order valence-corrected chi connectivity index (χ4v) is 2.27. The lowest BCUT2D eigenvalue weighted by Gasteiger charge is -2.06. The lowest BCUT2D eigenvalue weighted by atomic mass is 10.1. The molecule has 0 unspecified atom stereocenters. The van der Waals surface area contributed by atoms with Gasteiger partial charge in [0.1, 0.15) is 5.82 Å². The van der Waals surface area contributed by atoms with Gasteiger partial charge in [0, 0.05) is 44.0 Å². The summed E-state index contributed by atoms with van der Waals surface area (Å²) in [5.74, 6) is 0.861. The lowest BCUT2D eigenvalue weighted by Crippen LogP contribution is -2.26. The molecule has 7 heteroatoms. The van der Waals surface area contributed by atoms with Gasteiger partial charge in [-0.3, -0.25) is 4.79 Å². The van der Waals surface area contributed by atoms with Crippen molar-refractivity contribution in [2.75, 3.05) is 6.54 Å². The van der Waals surface area contributed by atoms with Gasteiger partial charge in [0.25, 0.3) is 5.91 Å². The van der Waals surface area contributed by atoms with E-state index in [1.807, 2.05) is 18.2 Å². The van der Waals surface area contributed by atoms with E-state index in [2.05, 4.69) is 20.6 Å². The number of benzene rings is 1. The van der Waals surface area contributed by atoms with Gasteiger partial charge in [-0.05, 0) is 23.3 Å². The molecule has 1 aromatic heterocycles. The van der Waals surface area contributed by atoms with Crippen molar-refractivity contribution in [1.82, 2.24) is 20.6 Å². The summed E-state index contributed by atoms with van der Waals surface area (Å²) < 4.78 is 0. The molecule has 0 spiro atoms. The zero-order valence-corrected chi connectivity index (χ0v) is 13.0. The third kappa shape index (κ3) is 4.20. The van der Waals surface area contributed by atoms with E-state index in [0.29, 0.717) is 13.0 Å². The molecule has 21 heavy (non-hydrogen) atoms. The number of aromatic nitrogens is 2. The van der Waals surface area contributed by atoms with Gasteiger partial charge in [0.05, 0.1) is 0 Å². The van der Waals surface area contributed by atoms with Crippen molar-refractivity contribution in [3.05, 3.63) is 53.1 Å². The molecule has 2 aromatic rings. The Labute approximate surface area is 135 Å². The number of aromatic amines is 1. The second-order valence-corrected chi connectivity index (χ2v) is 4.63. The first-order chi connectivity index (χ1) is 9.33. The Kier molecular flexibility index (Phi) is 6.68. The summed E-state index contributed by atoms with van der Waals surface area (Å²) in [5.41, 5.74) is 3.23. The smallest absolute Gasteiger partial charge is 0.251 e. The number of nitrogens with one attached hydrogen (secondary N) is 3. The number of carbonyl (C=O) groups excluding carboxylic acids is 1. The predicted molar refractivity (Wildman–Crippen MR) is 86.1 cm³/mol. The van der Waals surface area contributed by atoms with E-state index in [-0.39, 0.29) is 30.7 Å². The van der Waals surface area contributed by atoms with Crippen LogP contribution in [0.1, 0.15) is 27.3 Å². The number of imidazole rings is 1. The Balaban J connectivity index is 0.00000110. The summed E-state index contributed by atoms with van der Waals surface area (Å²) in [6.07, 6.45) is 4.21. The van der Waals surface area contributed by atoms with Gasteiger partial charge < -0.3 is 15.6 Å². The molecule has 5 nitrogen and oxygen atoms in total. The number of fused-ring (bicyclic) bond motifs is 1. The predicted octanol–water partition coefficient (Wildman–Crippen LogP) is 1.83. The van der Waals surface area contributed by atoms with Gasteiger partial charge in [-0.1, -0.05) is 6.07 Å². The molecule has 0 bridgehead atoms. The third-order valence-electron chi connectivity index (χ3n) is 3.30. The third-order valence-corrected chi connectivity index (χ3v) is 3.30. The molecular formula is C14H18Cl2N4O. The van der Waals surface area contributed by atoms with Crippen molar-refractivity contribution < 1.29 is 4.79 Å². The van der Waals surface area contributed by atoms with Gasteiger partial charge in [-0.15, -0.1) is 24.8 Å². The standard InChI is InChI=1S/C14H16N4O.2ClH/c19-14(18-4-3-13-16-5-6-17-13)10-1-2-11-8-15-9-12(11)7-10;;/h1-2,5-7,15H,3-4,8-9H2,(H,16,17)(H,18,19);2*1H. The van der Waals surface area contributed by atoms with Crippen LogP contribution in [0.25, 0.3) is 0 Å². The highest BCUT2D eigenvalue weighted by Crippen LogP contribution is 2.16. The quantitative estimate of drug-likeness (QED) is 0.801. The summed E-state index contributed by atoms with van der Waals surface area (Å²) in [4.78, 5) is 19.1. The van der Waals surface area contributed by atoms with Gasteiger partial charge in [-0.25, -0.2) is 4.98 Å². The minimum Gasteiger partial charge on any atom is -0.352 e. The van der Waals surface area contributed by atoms with E-state index in [4.69, 9.17) is 0 Å². The molecule has 0 saturated heterocycles. The SMILES string of the molecule is Cl.Cl.O=C(NCCc1ncc[nH]1)c1ccc2c(c1)CNC2. The monoisotopic (exact) mass is 328 g/mol. The van der Waals surface area contributed by atoms with Crippen LogP contribution in [-0.4, -0.2) is 22.4 Å². The molecule has 1 aliphatic rings. The van der Waals surface area contributed by atoms with Crippen LogP contribution in [0.5, 0.6) is 0 Å². The molecule has 0 atom stereocenters. The number of H-pyrrole nitrogens is 1. The van der Waals surface area contributed by atoms with E-state index in [0.717, 1.165) is 24.5 Å². The van der Waals surface area contributed by atoms with Gasteiger partial charge >= 0.3 is 0 Å². The van der Waals surface area contributed by atoms with Gasteiger partial charge in [0.15, 0.2) is 0 Å². The molecule has 114 valence electrons. The largest absolute Gasteiger partial charge is 0.352 e. The maximum Gasteiger partial charge on any atom is 0.251 e. The molecule has 3 rings (SSSR count). The molecule has 2 heterocycles. The zero-order chi connectivity index (χ0) is 13.1. The van der Waals surface area contributed by atoms with Crippen LogP contribution in [0.15, 0.2) is 30.6 Å². The normalized spacial score (nSPS) is 12.0. The van der Waals surface area contributed by atoms with Crippen LogP contribution in [-0.2, 0) is 19.5 Å². The maximum atomic E-state index is 12.0. The van der Waals surface area contributed by atoms with Crippen molar-refractivity contribution in [2.45, 2.75) is 19.5 Å². The number of halogens is 2. The van der Waals surface area contributed by atoms with Gasteiger partial charge in [0.2, 0.25) is 0 Å². The Hall–Kier alpha value is -1.56. The minimum absolute atomic E-state index is 0. The fourth-order valence-electron chi connectivity index (χ4n) is 2.27. The summed E-state index contributed by atoms with van der Waals surface area (Å²) >= 11 is 0. The van der Waals surface area contributed by atoms with Crippen molar-refractivity contribution in [1.29, 1.82) is 0 Å². The number of amides is 1. The van der Waals surface area contributed by atoms with E-state index >= 15 is 0 Å². The Morgan fingerprint density at radius 1 is 1.24 bits per heavy atom. The highest BCUT2D eigenvalue weighted by atomic mass is 35.5. The second-order valence-electron chi connectivity index (χ2n) is 4.63. The number of carbonyl (C=O) groups is 1. The topological polar surface area (TPSA) is 69.8 Å². The molecule has 0 radical (unpaired) electrons. The fraction of sp³-hybridized carbons (Fsp3) is 0.286. The van der Waals surface area contributed by atoms with E-state index < -0.39 is 0 Å². The number of rotatable bonds is 4. The van der Waals surface area contributed by atoms with E-state index in [1.165, 1.54) is 11.1 Å². The number of hydrogen-bond donors (Lipinski definition) is 3. The first kappa shape index (κ1) is 17.5. The Bertz CT molecular complexity index is 587. The summed E-state index contributed by atoms with van der Waals surface area (Å²) in [7, 11) is 0. The molecular weight excluding hydrogens is 311 g/mol. The van der Waals surface area contributed by atoms with Gasteiger partial charge in [-0.2, -0.15) is 0 Å². The number of hydrogen-bond acceptors (Lipinski definition) is 3. The highest BCUT2D eigenvalue weighted by Gasteiger charge is 2.13. The van der Waals surface area contributed by atoms with Crippen LogP contribution < -0.4 is 10.6 Å².